The fraction of sp³-hybridized carbons (Fsp3) is 0.152. The molecule has 0 radical (unpaired) electrons. The third-order valence-corrected chi connectivity index (χ3v) is 7.13. The van der Waals surface area contributed by atoms with Crippen LogP contribution in [0.2, 0.25) is 0 Å². The number of nitrogens with zero attached hydrogens (tertiary/aromatic N) is 5. The van der Waals surface area contributed by atoms with Crippen LogP contribution >= 0.6 is 0 Å². The van der Waals surface area contributed by atoms with Crippen LogP contribution in [0.1, 0.15) is 46.6 Å². The Hall–Kier alpha value is -5.73. The van der Waals surface area contributed by atoms with Gasteiger partial charge in [0.05, 0.1) is 41.1 Å². The van der Waals surface area contributed by atoms with Gasteiger partial charge in [-0.15, -0.1) is 0 Å². The van der Waals surface area contributed by atoms with E-state index in [0.29, 0.717) is 33.7 Å². The van der Waals surface area contributed by atoms with Crippen molar-refractivity contribution in [3.63, 3.8) is 0 Å². The maximum absolute atomic E-state index is 15.1. The van der Waals surface area contributed by atoms with Gasteiger partial charge in [0, 0.05) is 42.5 Å². The number of carbonyl (C=O) groups excluding carboxylic acids is 1. The quantitative estimate of drug-likeness (QED) is 0.190. The van der Waals surface area contributed by atoms with Gasteiger partial charge in [0.1, 0.15) is 11.5 Å². The first-order valence-electron chi connectivity index (χ1n) is 13.8. The van der Waals surface area contributed by atoms with E-state index in [0.717, 1.165) is 22.5 Å². The molecule has 0 saturated carbocycles. The number of benzene rings is 2. The first-order valence-corrected chi connectivity index (χ1v) is 13.8. The number of anilines is 3. The number of imidazole rings is 1. The van der Waals surface area contributed by atoms with Crippen LogP contribution in [0.4, 0.5) is 21.5 Å². The Labute approximate surface area is 252 Å². The molecule has 4 N–H and O–H groups in total. The molecule has 220 valence electrons. The Morgan fingerprint density at radius 3 is 2.64 bits per heavy atom. The summed E-state index contributed by atoms with van der Waals surface area (Å²) >= 11 is 0. The highest BCUT2D eigenvalue weighted by Crippen LogP contribution is 2.31. The van der Waals surface area contributed by atoms with E-state index >= 15 is 4.39 Å². The number of nitrogens with one attached hydrogen (secondary N) is 3. The smallest absolute Gasteiger partial charge is 0.258 e. The Morgan fingerprint density at radius 2 is 1.91 bits per heavy atom. The Kier molecular flexibility index (Phi) is 7.20. The zero-order chi connectivity index (χ0) is 31.0. The van der Waals surface area contributed by atoms with Crippen molar-refractivity contribution in [1.29, 1.82) is 0 Å². The van der Waals surface area contributed by atoms with Crippen molar-refractivity contribution < 1.29 is 14.3 Å². The minimum atomic E-state index is -1.18. The summed E-state index contributed by atoms with van der Waals surface area (Å²) in [6.07, 6.45) is 10.4. The second kappa shape index (κ2) is 11.2. The van der Waals surface area contributed by atoms with Gasteiger partial charge in [-0.05, 0) is 85.8 Å². The summed E-state index contributed by atoms with van der Waals surface area (Å²) in [7, 11) is 1.81. The molecule has 44 heavy (non-hydrogen) atoms. The number of pyridine rings is 1. The van der Waals surface area contributed by atoms with Crippen molar-refractivity contribution in [3.05, 3.63) is 113 Å². The first kappa shape index (κ1) is 28.4. The number of aromatic nitrogens is 6. The molecule has 10 nitrogen and oxygen atoms in total. The van der Waals surface area contributed by atoms with Crippen LogP contribution in [0.5, 0.6) is 0 Å². The monoisotopic (exact) mass is 588 g/mol. The molecule has 1 amide bonds. The van der Waals surface area contributed by atoms with Gasteiger partial charge in [0.2, 0.25) is 0 Å². The van der Waals surface area contributed by atoms with Gasteiger partial charge in [0.25, 0.3) is 5.91 Å². The zero-order valence-electron chi connectivity index (χ0n) is 24.5. The number of hydrogen-bond acceptors (Lipinski definition) is 6. The minimum absolute atomic E-state index is 0.152. The lowest BCUT2D eigenvalue weighted by molar-refractivity contribution is 0.0786. The fourth-order valence-electron chi connectivity index (χ4n) is 4.78. The molecule has 6 rings (SSSR count). The van der Waals surface area contributed by atoms with Gasteiger partial charge in [-0.1, -0.05) is 5.92 Å². The predicted molar refractivity (Wildman–Crippen MR) is 166 cm³/mol. The Morgan fingerprint density at radius 1 is 1.07 bits per heavy atom. The van der Waals surface area contributed by atoms with Gasteiger partial charge in [-0.3, -0.25) is 19.0 Å². The van der Waals surface area contributed by atoms with Crippen LogP contribution in [0.25, 0.3) is 16.8 Å². The van der Waals surface area contributed by atoms with Crippen molar-refractivity contribution in [2.45, 2.75) is 26.4 Å². The average molecular weight is 589 g/mol. The molecule has 0 aliphatic heterocycles. The summed E-state index contributed by atoms with van der Waals surface area (Å²) in [5.41, 5.74) is 5.18. The average Bonchev–Trinajstić information content (AvgIpc) is 3.74. The van der Waals surface area contributed by atoms with Crippen LogP contribution in [0, 0.1) is 24.6 Å². The molecule has 4 heterocycles. The summed E-state index contributed by atoms with van der Waals surface area (Å²) in [6, 6.07) is 11.8. The van der Waals surface area contributed by atoms with E-state index in [1.165, 1.54) is 12.1 Å². The topological polar surface area (TPSA) is 125 Å². The Bertz CT molecular complexity index is 2070. The lowest BCUT2D eigenvalue weighted by atomic mass is 9.94. The second-order valence-electron chi connectivity index (χ2n) is 11.0. The van der Waals surface area contributed by atoms with E-state index in [-0.39, 0.29) is 5.56 Å². The van der Waals surface area contributed by atoms with E-state index in [4.69, 9.17) is 0 Å². The van der Waals surface area contributed by atoms with Crippen LogP contribution in [0.15, 0.2) is 79.6 Å². The summed E-state index contributed by atoms with van der Waals surface area (Å²) in [6.45, 7) is 5.06. The van der Waals surface area contributed by atoms with Crippen molar-refractivity contribution in [3.8, 4) is 23.0 Å². The third kappa shape index (κ3) is 5.79. The molecule has 2 aromatic carbocycles. The van der Waals surface area contributed by atoms with Gasteiger partial charge < -0.3 is 15.7 Å². The van der Waals surface area contributed by atoms with Gasteiger partial charge in [0.15, 0.2) is 5.65 Å². The number of rotatable bonds is 6. The van der Waals surface area contributed by atoms with E-state index in [2.05, 4.69) is 42.8 Å². The molecule has 0 aliphatic rings. The van der Waals surface area contributed by atoms with Crippen molar-refractivity contribution >= 4 is 28.6 Å². The summed E-state index contributed by atoms with van der Waals surface area (Å²) in [4.78, 5) is 17.9. The molecular formula is C33H29FN8O2. The zero-order valence-corrected chi connectivity index (χ0v) is 24.5. The largest absolute Gasteiger partial charge is 0.386 e. The van der Waals surface area contributed by atoms with Crippen LogP contribution < -0.4 is 10.6 Å². The molecule has 0 spiro atoms. The van der Waals surface area contributed by atoms with Crippen LogP contribution in [-0.4, -0.2) is 40.4 Å². The van der Waals surface area contributed by atoms with Crippen LogP contribution in [0.3, 0.4) is 0 Å². The molecule has 4 aromatic heterocycles. The highest BCUT2D eigenvalue weighted by Gasteiger charge is 2.20. The normalized spacial score (nSPS) is 11.3. The summed E-state index contributed by atoms with van der Waals surface area (Å²) in [5.74, 6) is 4.89. The lowest BCUT2D eigenvalue weighted by Crippen LogP contribution is -2.18. The minimum Gasteiger partial charge on any atom is -0.386 e. The van der Waals surface area contributed by atoms with E-state index in [9.17, 15) is 9.90 Å². The number of aliphatic hydroxyl groups is 1. The molecule has 0 aliphatic carbocycles. The fourth-order valence-corrected chi connectivity index (χ4v) is 4.78. The Balaban J connectivity index is 1.30. The molecule has 11 heteroatoms. The molecule has 0 fully saturated rings. The van der Waals surface area contributed by atoms with Crippen molar-refractivity contribution in [2.75, 3.05) is 10.6 Å². The molecular weight excluding hydrogens is 559 g/mol. The first-order chi connectivity index (χ1) is 21.0. The van der Waals surface area contributed by atoms with Crippen LogP contribution in [-0.2, 0) is 12.6 Å². The maximum atomic E-state index is 15.1. The molecule has 0 atom stereocenters. The number of aromatic amines is 1. The number of halogens is 1. The second-order valence-corrected chi connectivity index (χ2v) is 11.0. The third-order valence-electron chi connectivity index (χ3n) is 7.13. The maximum Gasteiger partial charge on any atom is 0.258 e. The number of H-pyrrole nitrogens is 1. The highest BCUT2D eigenvalue weighted by atomic mass is 19.1. The van der Waals surface area contributed by atoms with E-state index in [1.54, 1.807) is 69.4 Å². The molecule has 0 saturated heterocycles. The van der Waals surface area contributed by atoms with Gasteiger partial charge in [-0.2, -0.15) is 10.2 Å². The number of hydrogen-bond donors (Lipinski definition) is 4. The van der Waals surface area contributed by atoms with Gasteiger partial charge >= 0.3 is 0 Å². The lowest BCUT2D eigenvalue weighted by Gasteiger charge is -2.20. The highest BCUT2D eigenvalue weighted by molar-refractivity contribution is 6.05. The predicted octanol–water partition coefficient (Wildman–Crippen LogP) is 5.53. The standard InChI is InChI=1S/C33H29FN8O2/c1-20-10-29(34)28(32(43)40-25-12-22(23-15-38-41(4)19-23)11-24(14-25)33(2,3)44)13-21(20)7-8-27-18-35-31-30(6-5-9-42(27)31)39-26-16-36-37-17-26/h5-6,9-19,39,44H,1-4H3,(H,36,37)(H,40,43). The number of fused-ring (bicyclic) bond motifs is 1. The number of amides is 1. The van der Waals surface area contributed by atoms with Gasteiger partial charge in [-0.25, -0.2) is 9.37 Å². The SMILES string of the molecule is Cc1cc(F)c(C(=O)Nc2cc(-c3cnn(C)c3)cc(C(C)(C)O)c2)cc1C#Cc1cnc2c(Nc3cn[nH]c3)cccn12. The summed E-state index contributed by atoms with van der Waals surface area (Å²) < 4.78 is 18.6. The van der Waals surface area contributed by atoms with Crippen molar-refractivity contribution in [1.82, 2.24) is 29.4 Å². The van der Waals surface area contributed by atoms with E-state index < -0.39 is 17.3 Å². The van der Waals surface area contributed by atoms with Crippen molar-refractivity contribution in [2.24, 2.45) is 7.05 Å². The summed E-state index contributed by atoms with van der Waals surface area (Å²) in [5, 5.41) is 27.7. The molecule has 0 unspecified atom stereocenters. The molecule has 6 aromatic rings. The molecule has 0 bridgehead atoms. The number of carbonyl (C=O) groups is 1. The van der Waals surface area contributed by atoms with E-state index in [1.807, 2.05) is 35.0 Å². The number of aryl methyl sites for hydroxylation is 2.